The zero-order valence-electron chi connectivity index (χ0n) is 15.9. The predicted octanol–water partition coefficient (Wildman–Crippen LogP) is 4.75. The summed E-state index contributed by atoms with van der Waals surface area (Å²) in [6.45, 7) is 5.41. The number of carboxylic acid groups (broad SMARTS) is 1. The largest absolute Gasteiger partial charge is 0.465 e. The first-order chi connectivity index (χ1) is 13.4. The highest BCUT2D eigenvalue weighted by atomic mass is 35.5. The van der Waals surface area contributed by atoms with Gasteiger partial charge in [-0.15, -0.1) is 5.10 Å². The number of halogens is 2. The zero-order valence-corrected chi connectivity index (χ0v) is 17.4. The highest BCUT2D eigenvalue weighted by molar-refractivity contribution is 6.37. The molecule has 1 atom stereocenters. The first kappa shape index (κ1) is 20.9. The quantitative estimate of drug-likeness (QED) is 0.745. The van der Waals surface area contributed by atoms with Gasteiger partial charge < -0.3 is 14.7 Å². The van der Waals surface area contributed by atoms with Gasteiger partial charge in [-0.2, -0.15) is 0 Å². The molecule has 0 bridgehead atoms. The second kappa shape index (κ2) is 9.11. The van der Waals surface area contributed by atoms with Gasteiger partial charge in [0, 0.05) is 13.1 Å². The summed E-state index contributed by atoms with van der Waals surface area (Å²) in [5.74, 6) is 0.158. The molecule has 1 aliphatic rings. The van der Waals surface area contributed by atoms with E-state index in [0.29, 0.717) is 41.8 Å². The van der Waals surface area contributed by atoms with Gasteiger partial charge in [-0.3, -0.25) is 0 Å². The lowest BCUT2D eigenvalue weighted by atomic mass is 10.1. The van der Waals surface area contributed by atoms with Gasteiger partial charge in [-0.25, -0.2) is 9.48 Å². The molecule has 7 nitrogen and oxygen atoms in total. The summed E-state index contributed by atoms with van der Waals surface area (Å²) < 4.78 is 7.81. The van der Waals surface area contributed by atoms with Crippen molar-refractivity contribution < 1.29 is 14.6 Å². The van der Waals surface area contributed by atoms with E-state index in [1.54, 1.807) is 22.9 Å². The number of rotatable bonds is 5. The van der Waals surface area contributed by atoms with Crippen LogP contribution in [0.3, 0.4) is 0 Å². The minimum atomic E-state index is -0.876. The molecule has 0 aliphatic carbocycles. The minimum Gasteiger partial charge on any atom is -0.465 e. The lowest BCUT2D eigenvalue weighted by molar-refractivity contribution is 0.0282. The average molecular weight is 427 g/mol. The third kappa shape index (κ3) is 4.59. The summed E-state index contributed by atoms with van der Waals surface area (Å²) in [7, 11) is 0. The van der Waals surface area contributed by atoms with Crippen LogP contribution in [0, 0.1) is 0 Å². The molecule has 1 saturated heterocycles. The first-order valence-corrected chi connectivity index (χ1v) is 10.1. The van der Waals surface area contributed by atoms with E-state index in [1.165, 1.54) is 4.90 Å². The highest BCUT2D eigenvalue weighted by Gasteiger charge is 2.24. The molecule has 1 aliphatic heterocycles. The summed E-state index contributed by atoms with van der Waals surface area (Å²) in [4.78, 5) is 12.6. The molecule has 0 spiro atoms. The van der Waals surface area contributed by atoms with E-state index < -0.39 is 6.09 Å². The molecule has 1 N–H and O–H groups in total. The third-order valence-corrected chi connectivity index (χ3v) is 5.50. The lowest BCUT2D eigenvalue weighted by Crippen LogP contribution is -2.30. The number of para-hydroxylation sites is 1. The van der Waals surface area contributed by atoms with Gasteiger partial charge >= 0.3 is 6.09 Å². The van der Waals surface area contributed by atoms with Crippen LogP contribution >= 0.6 is 23.2 Å². The predicted molar refractivity (Wildman–Crippen MR) is 107 cm³/mol. The summed E-state index contributed by atoms with van der Waals surface area (Å²) in [6.07, 6.45) is 1.36. The normalized spacial score (nSPS) is 17.8. The average Bonchev–Trinajstić information content (AvgIpc) is 2.89. The molecule has 0 radical (unpaired) electrons. The molecule has 3 rings (SSSR count). The number of hydrogen-bond acceptors (Lipinski definition) is 4. The van der Waals surface area contributed by atoms with Gasteiger partial charge in [0.1, 0.15) is 5.69 Å². The van der Waals surface area contributed by atoms with E-state index >= 15 is 0 Å². The fourth-order valence-electron chi connectivity index (χ4n) is 3.39. The van der Waals surface area contributed by atoms with E-state index in [4.69, 9.17) is 27.9 Å². The zero-order chi connectivity index (χ0) is 20.3. The monoisotopic (exact) mass is 426 g/mol. The summed E-state index contributed by atoms with van der Waals surface area (Å²) >= 11 is 12.7. The van der Waals surface area contributed by atoms with Gasteiger partial charge in [-0.1, -0.05) is 48.3 Å². The minimum absolute atomic E-state index is 0.0190. The summed E-state index contributed by atoms with van der Waals surface area (Å²) in [6, 6.07) is 5.30. The summed E-state index contributed by atoms with van der Waals surface area (Å²) in [5, 5.41) is 18.8. The van der Waals surface area contributed by atoms with E-state index in [-0.39, 0.29) is 12.0 Å². The molecule has 152 valence electrons. The highest BCUT2D eigenvalue weighted by Crippen LogP contribution is 2.31. The van der Waals surface area contributed by atoms with Gasteiger partial charge in [0.2, 0.25) is 0 Å². The van der Waals surface area contributed by atoms with Crippen molar-refractivity contribution in [3.63, 3.8) is 0 Å². The second-order valence-corrected chi connectivity index (χ2v) is 8.01. The van der Waals surface area contributed by atoms with Crippen molar-refractivity contribution in [2.24, 2.45) is 0 Å². The number of hydrogen-bond donors (Lipinski definition) is 1. The molecule has 1 amide bonds. The Labute approximate surface area is 174 Å². The maximum atomic E-state index is 11.2. The molecule has 1 unspecified atom stereocenters. The van der Waals surface area contributed by atoms with Crippen molar-refractivity contribution in [1.82, 2.24) is 19.9 Å². The topological polar surface area (TPSA) is 80.5 Å². The van der Waals surface area contributed by atoms with Crippen molar-refractivity contribution in [1.29, 1.82) is 0 Å². The number of carbonyl (C=O) groups is 1. The van der Waals surface area contributed by atoms with Crippen LogP contribution in [0.4, 0.5) is 4.79 Å². The van der Waals surface area contributed by atoms with Crippen molar-refractivity contribution >= 4 is 29.3 Å². The van der Waals surface area contributed by atoms with Gasteiger partial charge in [0.15, 0.2) is 0 Å². The smallest absolute Gasteiger partial charge is 0.407 e. The van der Waals surface area contributed by atoms with Crippen LogP contribution in [-0.4, -0.2) is 50.3 Å². The van der Waals surface area contributed by atoms with Crippen LogP contribution in [0.15, 0.2) is 18.2 Å². The van der Waals surface area contributed by atoms with Crippen LogP contribution in [-0.2, 0) is 11.3 Å². The number of ether oxygens (including phenoxy) is 1. The molecule has 1 fully saturated rings. The number of benzene rings is 1. The number of aromatic nitrogens is 3. The molecule has 9 heteroatoms. The number of amides is 1. The Balaban J connectivity index is 1.81. The van der Waals surface area contributed by atoms with E-state index in [1.807, 2.05) is 13.8 Å². The molecular weight excluding hydrogens is 403 g/mol. The van der Waals surface area contributed by atoms with E-state index in [2.05, 4.69) is 10.3 Å². The van der Waals surface area contributed by atoms with Crippen LogP contribution in [0.5, 0.6) is 0 Å². The molecule has 2 aromatic rings. The fraction of sp³-hybridized carbons (Fsp3) is 0.526. The molecule has 1 aromatic heterocycles. The van der Waals surface area contributed by atoms with Crippen LogP contribution in [0.2, 0.25) is 10.0 Å². The summed E-state index contributed by atoms with van der Waals surface area (Å²) in [5.41, 5.74) is 2.22. The van der Waals surface area contributed by atoms with Crippen molar-refractivity contribution in [3.8, 4) is 5.69 Å². The van der Waals surface area contributed by atoms with Crippen LogP contribution in [0.1, 0.15) is 50.4 Å². The maximum absolute atomic E-state index is 11.2. The Morgan fingerprint density at radius 2 is 2.00 bits per heavy atom. The Kier molecular flexibility index (Phi) is 6.80. The SMILES string of the molecule is CC(C)c1nnn(-c2c(Cl)cccc2Cl)c1COC1CCCN(C(=O)O)CC1. The molecular formula is C19H24Cl2N4O3. The van der Waals surface area contributed by atoms with Crippen LogP contribution in [0.25, 0.3) is 5.69 Å². The Hall–Kier alpha value is -1.83. The van der Waals surface area contributed by atoms with Gasteiger partial charge in [0.05, 0.1) is 34.1 Å². The standard InChI is InChI=1S/C19H24Cl2N4O3/c1-12(2)17-16(11-28-13-5-4-9-24(10-8-13)19(26)27)25(23-22-17)18-14(20)6-3-7-15(18)21/h3,6-7,12-13H,4-5,8-11H2,1-2H3,(H,26,27). The Morgan fingerprint density at radius 3 is 2.64 bits per heavy atom. The third-order valence-electron chi connectivity index (χ3n) is 4.89. The van der Waals surface area contributed by atoms with Crippen molar-refractivity contribution in [2.75, 3.05) is 13.1 Å². The molecule has 28 heavy (non-hydrogen) atoms. The maximum Gasteiger partial charge on any atom is 0.407 e. The Bertz CT molecular complexity index is 820. The fourth-order valence-corrected chi connectivity index (χ4v) is 3.95. The van der Waals surface area contributed by atoms with Gasteiger partial charge in [-0.05, 0) is 37.3 Å². The van der Waals surface area contributed by atoms with Crippen LogP contribution < -0.4 is 0 Å². The molecule has 1 aromatic carbocycles. The van der Waals surface area contributed by atoms with E-state index in [0.717, 1.165) is 24.2 Å². The first-order valence-electron chi connectivity index (χ1n) is 9.36. The lowest BCUT2D eigenvalue weighted by Gasteiger charge is -2.18. The number of likely N-dealkylation sites (tertiary alicyclic amines) is 1. The second-order valence-electron chi connectivity index (χ2n) is 7.19. The molecule has 0 saturated carbocycles. The van der Waals surface area contributed by atoms with Gasteiger partial charge in [0.25, 0.3) is 0 Å². The Morgan fingerprint density at radius 1 is 1.29 bits per heavy atom. The number of nitrogens with zero attached hydrogens (tertiary/aromatic N) is 4. The van der Waals surface area contributed by atoms with E-state index in [9.17, 15) is 9.90 Å². The molecule has 2 heterocycles. The van der Waals surface area contributed by atoms with Crippen molar-refractivity contribution in [3.05, 3.63) is 39.6 Å². The van der Waals surface area contributed by atoms with Crippen molar-refractivity contribution in [2.45, 2.75) is 51.7 Å².